The van der Waals surface area contributed by atoms with Gasteiger partial charge in [-0.05, 0) is 42.7 Å². The SMILES string of the molecule is COc1nc(-c2cccc(-c3cccc(-c4ccc5[nH]c(CNC[C@@H]6CCC(=O)N6)cc5c4)c3Cl)c2Cl)ccc1CNC[C@@H]1CCC(=O)N1. The lowest BCUT2D eigenvalue weighted by Gasteiger charge is -2.16. The maximum atomic E-state index is 11.5. The fraction of sp³-hybridized carbons (Fsp3) is 0.289. The summed E-state index contributed by atoms with van der Waals surface area (Å²) in [5.74, 6) is 0.750. The Hall–Kier alpha value is -4.41. The third-order valence-electron chi connectivity index (χ3n) is 9.27. The molecule has 5 N–H and O–H groups in total. The zero-order valence-electron chi connectivity index (χ0n) is 27.2. The number of nitrogens with zero attached hydrogens (tertiary/aromatic N) is 1. The van der Waals surface area contributed by atoms with E-state index in [-0.39, 0.29) is 23.9 Å². The van der Waals surface area contributed by atoms with E-state index >= 15 is 0 Å². The summed E-state index contributed by atoms with van der Waals surface area (Å²) in [7, 11) is 1.61. The third kappa shape index (κ3) is 7.31. The Morgan fingerprint density at radius 2 is 1.41 bits per heavy atom. The van der Waals surface area contributed by atoms with Gasteiger partial charge in [0, 0.05) is 95.5 Å². The molecule has 0 unspecified atom stereocenters. The summed E-state index contributed by atoms with van der Waals surface area (Å²) in [6.07, 6.45) is 2.90. The standard InChI is InChI=1S/C38H38Cl2N6O3/c1-49-38-23(18-41-19-25-10-14-34(47)44-25)9-13-33(46-38)31-7-3-6-30(37(31)40)29-5-2-4-28(36(29)39)22-8-12-32-24(16-22)17-27(43-32)21-42-20-26-11-15-35(48)45-26/h2-9,12-13,16-17,25-26,41-43H,10-11,14-15,18-21H2,1H3,(H,44,47)(H,45,48)/t25-,26-/m0/s1. The Labute approximate surface area is 295 Å². The number of amides is 2. The number of H-pyrrole nitrogens is 1. The Kier molecular flexibility index (Phi) is 9.86. The van der Waals surface area contributed by atoms with Crippen LogP contribution in [0.2, 0.25) is 10.0 Å². The number of fused-ring (bicyclic) bond motifs is 1. The van der Waals surface area contributed by atoms with Gasteiger partial charge in [-0.3, -0.25) is 9.59 Å². The number of ether oxygens (including phenoxy) is 1. The van der Waals surface area contributed by atoms with Crippen LogP contribution >= 0.6 is 23.2 Å². The molecule has 49 heavy (non-hydrogen) atoms. The van der Waals surface area contributed by atoms with Gasteiger partial charge in [0.05, 0.1) is 22.8 Å². The van der Waals surface area contributed by atoms with E-state index in [0.29, 0.717) is 54.1 Å². The molecule has 252 valence electrons. The zero-order chi connectivity index (χ0) is 33.9. The second-order valence-electron chi connectivity index (χ2n) is 12.7. The highest BCUT2D eigenvalue weighted by Crippen LogP contribution is 2.42. The first-order chi connectivity index (χ1) is 23.9. The Bertz CT molecular complexity index is 2030. The van der Waals surface area contributed by atoms with Crippen molar-refractivity contribution >= 4 is 45.9 Å². The maximum absolute atomic E-state index is 11.5. The molecule has 3 aromatic carbocycles. The van der Waals surface area contributed by atoms with Crippen molar-refractivity contribution < 1.29 is 14.3 Å². The van der Waals surface area contributed by atoms with Gasteiger partial charge >= 0.3 is 0 Å². The average Bonchev–Trinajstić information content (AvgIpc) is 3.84. The minimum absolute atomic E-state index is 0.105. The molecule has 0 saturated carbocycles. The van der Waals surface area contributed by atoms with Crippen molar-refractivity contribution in [3.8, 4) is 39.4 Å². The van der Waals surface area contributed by atoms with Gasteiger partial charge in [-0.15, -0.1) is 0 Å². The number of pyridine rings is 1. The monoisotopic (exact) mass is 696 g/mol. The summed E-state index contributed by atoms with van der Waals surface area (Å²) in [5.41, 5.74) is 8.07. The molecule has 0 spiro atoms. The molecule has 11 heteroatoms. The van der Waals surface area contributed by atoms with Gasteiger partial charge in [0.1, 0.15) is 0 Å². The molecule has 0 bridgehead atoms. The molecule has 0 radical (unpaired) electrons. The molecular formula is C38H38Cl2N6O3. The van der Waals surface area contributed by atoms with Crippen LogP contribution in [-0.2, 0) is 22.7 Å². The predicted molar refractivity (Wildman–Crippen MR) is 195 cm³/mol. The quantitative estimate of drug-likeness (QED) is 0.100. The second kappa shape index (κ2) is 14.6. The normalized spacial score (nSPS) is 17.4. The van der Waals surface area contributed by atoms with Crippen LogP contribution in [-0.4, -0.2) is 54.1 Å². The van der Waals surface area contributed by atoms with Crippen molar-refractivity contribution in [1.82, 2.24) is 31.2 Å². The van der Waals surface area contributed by atoms with E-state index in [9.17, 15) is 9.59 Å². The summed E-state index contributed by atoms with van der Waals surface area (Å²) in [5, 5.41) is 15.1. The second-order valence-corrected chi connectivity index (χ2v) is 13.4. The van der Waals surface area contributed by atoms with Crippen LogP contribution in [0.5, 0.6) is 5.88 Å². The number of carbonyl (C=O) groups excluding carboxylic acids is 2. The van der Waals surface area contributed by atoms with E-state index in [1.54, 1.807) is 7.11 Å². The Morgan fingerprint density at radius 1 is 0.776 bits per heavy atom. The van der Waals surface area contributed by atoms with Gasteiger partial charge in [-0.2, -0.15) is 0 Å². The van der Waals surface area contributed by atoms with Crippen molar-refractivity contribution in [2.45, 2.75) is 50.9 Å². The lowest BCUT2D eigenvalue weighted by Crippen LogP contribution is -2.35. The molecule has 2 aliphatic heterocycles. The lowest BCUT2D eigenvalue weighted by molar-refractivity contribution is -0.120. The van der Waals surface area contributed by atoms with Gasteiger partial charge in [0.2, 0.25) is 17.7 Å². The number of rotatable bonds is 12. The van der Waals surface area contributed by atoms with Gasteiger partial charge in [-0.25, -0.2) is 4.98 Å². The van der Waals surface area contributed by atoms with E-state index < -0.39 is 0 Å². The van der Waals surface area contributed by atoms with Crippen molar-refractivity contribution in [1.29, 1.82) is 0 Å². The van der Waals surface area contributed by atoms with Crippen molar-refractivity contribution in [2.24, 2.45) is 0 Å². The highest BCUT2D eigenvalue weighted by atomic mass is 35.5. The molecule has 2 aliphatic rings. The van der Waals surface area contributed by atoms with Crippen LogP contribution < -0.4 is 26.0 Å². The molecule has 2 amide bonds. The van der Waals surface area contributed by atoms with E-state index in [0.717, 1.165) is 69.4 Å². The maximum Gasteiger partial charge on any atom is 0.220 e. The Morgan fingerprint density at radius 3 is 2.06 bits per heavy atom. The number of aromatic nitrogens is 2. The molecule has 5 aromatic rings. The van der Waals surface area contributed by atoms with E-state index in [4.69, 9.17) is 32.9 Å². The topological polar surface area (TPSA) is 120 Å². The number of halogens is 2. The highest BCUT2D eigenvalue weighted by Gasteiger charge is 2.22. The molecular weight excluding hydrogens is 659 g/mol. The average molecular weight is 698 g/mol. The minimum Gasteiger partial charge on any atom is -0.481 e. The number of hydrogen-bond donors (Lipinski definition) is 5. The van der Waals surface area contributed by atoms with Crippen molar-refractivity contribution in [3.63, 3.8) is 0 Å². The zero-order valence-corrected chi connectivity index (χ0v) is 28.7. The van der Waals surface area contributed by atoms with Crippen molar-refractivity contribution in [2.75, 3.05) is 20.2 Å². The number of aromatic amines is 1. The largest absolute Gasteiger partial charge is 0.481 e. The molecule has 2 aromatic heterocycles. The fourth-order valence-electron chi connectivity index (χ4n) is 6.71. The van der Waals surface area contributed by atoms with E-state index in [1.807, 2.05) is 48.5 Å². The van der Waals surface area contributed by atoms with Crippen LogP contribution in [0.15, 0.2) is 72.8 Å². The first-order valence-corrected chi connectivity index (χ1v) is 17.4. The smallest absolute Gasteiger partial charge is 0.220 e. The molecule has 4 heterocycles. The first kappa shape index (κ1) is 33.1. The first-order valence-electron chi connectivity index (χ1n) is 16.6. The van der Waals surface area contributed by atoms with Gasteiger partial charge in [0.15, 0.2) is 0 Å². The summed E-state index contributed by atoms with van der Waals surface area (Å²) >= 11 is 14.3. The van der Waals surface area contributed by atoms with Gasteiger partial charge < -0.3 is 31.0 Å². The molecule has 2 fully saturated rings. The number of nitrogens with one attached hydrogen (secondary N) is 5. The minimum atomic E-state index is 0.105. The highest BCUT2D eigenvalue weighted by molar-refractivity contribution is 6.39. The third-order valence-corrected chi connectivity index (χ3v) is 10.1. The van der Waals surface area contributed by atoms with E-state index in [2.05, 4.69) is 50.5 Å². The van der Waals surface area contributed by atoms with Crippen molar-refractivity contribution in [3.05, 3.63) is 94.1 Å². The molecule has 9 nitrogen and oxygen atoms in total. The van der Waals surface area contributed by atoms with Gasteiger partial charge in [-0.1, -0.05) is 71.7 Å². The molecule has 0 aliphatic carbocycles. The predicted octanol–water partition coefficient (Wildman–Crippen LogP) is 6.62. The van der Waals surface area contributed by atoms with Crippen LogP contribution in [0.3, 0.4) is 0 Å². The summed E-state index contributed by atoms with van der Waals surface area (Å²) in [6, 6.07) is 24.6. The molecule has 2 atom stereocenters. The summed E-state index contributed by atoms with van der Waals surface area (Å²) in [4.78, 5) is 31.3. The van der Waals surface area contributed by atoms with Crippen LogP contribution in [0, 0.1) is 0 Å². The summed E-state index contributed by atoms with van der Waals surface area (Å²) < 4.78 is 5.66. The fourth-order valence-corrected chi connectivity index (χ4v) is 7.37. The molecule has 7 rings (SSSR count). The van der Waals surface area contributed by atoms with E-state index in [1.165, 1.54) is 0 Å². The Balaban J connectivity index is 1.09. The summed E-state index contributed by atoms with van der Waals surface area (Å²) in [6.45, 7) is 2.68. The lowest BCUT2D eigenvalue weighted by atomic mass is 9.96. The number of hydrogen-bond acceptors (Lipinski definition) is 6. The molecule has 2 saturated heterocycles. The van der Waals surface area contributed by atoms with Crippen LogP contribution in [0.1, 0.15) is 36.9 Å². The van der Waals surface area contributed by atoms with Crippen LogP contribution in [0.4, 0.5) is 0 Å². The number of benzene rings is 3. The number of methoxy groups -OCH3 is 1. The number of carbonyl (C=O) groups is 2. The van der Waals surface area contributed by atoms with Gasteiger partial charge in [0.25, 0.3) is 0 Å². The van der Waals surface area contributed by atoms with Crippen LogP contribution in [0.25, 0.3) is 44.4 Å².